The average Bonchev–Trinajstić information content (AvgIpc) is 2.69. The van der Waals surface area contributed by atoms with Gasteiger partial charge in [0.25, 0.3) is 0 Å². The first-order chi connectivity index (χ1) is 7.20. The molecule has 1 fully saturated rings. The largest absolute Gasteiger partial charge is 0.324 e. The summed E-state index contributed by atoms with van der Waals surface area (Å²) in [6, 6.07) is 3.42. The molecule has 15 heavy (non-hydrogen) atoms. The van der Waals surface area contributed by atoms with Gasteiger partial charge in [-0.1, -0.05) is 18.9 Å². The van der Waals surface area contributed by atoms with Crippen molar-refractivity contribution in [2.45, 2.75) is 31.7 Å². The number of halogens is 2. The molecular formula is C12H15F2N. The van der Waals surface area contributed by atoms with Gasteiger partial charge in [-0.3, -0.25) is 0 Å². The van der Waals surface area contributed by atoms with E-state index in [2.05, 4.69) is 0 Å². The molecule has 1 aromatic rings. The van der Waals surface area contributed by atoms with Crippen molar-refractivity contribution in [3.63, 3.8) is 0 Å². The SMILES string of the molecule is N[C@H](c1c(F)cccc1F)C1CCCC1. The molecule has 1 saturated carbocycles. The van der Waals surface area contributed by atoms with E-state index in [4.69, 9.17) is 5.73 Å². The standard InChI is InChI=1S/C12H15F2N/c13-9-6-3-7-10(14)11(9)12(15)8-4-1-2-5-8/h3,6-8,12H,1-2,4-5,15H2/t12-/m0/s1. The van der Waals surface area contributed by atoms with Crippen LogP contribution in [0, 0.1) is 17.6 Å². The lowest BCUT2D eigenvalue weighted by molar-refractivity contribution is 0.410. The molecule has 82 valence electrons. The van der Waals surface area contributed by atoms with Crippen LogP contribution >= 0.6 is 0 Å². The van der Waals surface area contributed by atoms with Gasteiger partial charge in [-0.15, -0.1) is 0 Å². The summed E-state index contributed by atoms with van der Waals surface area (Å²) in [5, 5.41) is 0. The van der Waals surface area contributed by atoms with E-state index in [1.807, 2.05) is 0 Å². The van der Waals surface area contributed by atoms with E-state index in [9.17, 15) is 8.78 Å². The summed E-state index contributed by atoms with van der Waals surface area (Å²) in [6.07, 6.45) is 4.20. The Labute approximate surface area is 88.3 Å². The van der Waals surface area contributed by atoms with Gasteiger partial charge in [-0.05, 0) is 30.9 Å². The van der Waals surface area contributed by atoms with Crippen LogP contribution in [0.15, 0.2) is 18.2 Å². The smallest absolute Gasteiger partial charge is 0.130 e. The maximum Gasteiger partial charge on any atom is 0.130 e. The van der Waals surface area contributed by atoms with E-state index in [1.165, 1.54) is 18.2 Å². The van der Waals surface area contributed by atoms with Crippen molar-refractivity contribution in [3.8, 4) is 0 Å². The number of hydrogen-bond acceptors (Lipinski definition) is 1. The Morgan fingerprint density at radius 2 is 1.67 bits per heavy atom. The quantitative estimate of drug-likeness (QED) is 0.799. The highest BCUT2D eigenvalue weighted by Gasteiger charge is 2.27. The third-order valence-electron chi connectivity index (χ3n) is 3.24. The molecule has 1 aromatic carbocycles. The Morgan fingerprint density at radius 3 is 2.20 bits per heavy atom. The summed E-state index contributed by atoms with van der Waals surface area (Å²) < 4.78 is 26.9. The van der Waals surface area contributed by atoms with Crippen LogP contribution in [0.3, 0.4) is 0 Å². The minimum absolute atomic E-state index is 0.0596. The number of rotatable bonds is 2. The molecule has 2 rings (SSSR count). The lowest BCUT2D eigenvalue weighted by atomic mass is 9.92. The van der Waals surface area contributed by atoms with Gasteiger partial charge in [-0.25, -0.2) is 8.78 Å². The van der Waals surface area contributed by atoms with E-state index in [-0.39, 0.29) is 11.5 Å². The Bertz CT molecular complexity index is 325. The fourth-order valence-electron chi connectivity index (χ4n) is 2.38. The molecule has 3 heteroatoms. The van der Waals surface area contributed by atoms with Crippen molar-refractivity contribution in [1.82, 2.24) is 0 Å². The zero-order valence-corrected chi connectivity index (χ0v) is 8.55. The summed E-state index contributed by atoms with van der Waals surface area (Å²) in [4.78, 5) is 0. The minimum atomic E-state index is -0.519. The van der Waals surface area contributed by atoms with Gasteiger partial charge in [-0.2, -0.15) is 0 Å². The van der Waals surface area contributed by atoms with Crippen LogP contribution in [0.5, 0.6) is 0 Å². The second kappa shape index (κ2) is 4.27. The van der Waals surface area contributed by atoms with Gasteiger partial charge in [0, 0.05) is 11.6 Å². The normalized spacial score (nSPS) is 19.4. The minimum Gasteiger partial charge on any atom is -0.324 e. The average molecular weight is 211 g/mol. The van der Waals surface area contributed by atoms with E-state index < -0.39 is 17.7 Å². The van der Waals surface area contributed by atoms with Crippen molar-refractivity contribution < 1.29 is 8.78 Å². The van der Waals surface area contributed by atoms with Crippen LogP contribution in [0.1, 0.15) is 37.3 Å². The molecular weight excluding hydrogens is 196 g/mol. The van der Waals surface area contributed by atoms with Crippen molar-refractivity contribution in [3.05, 3.63) is 35.4 Å². The van der Waals surface area contributed by atoms with E-state index >= 15 is 0 Å². The molecule has 1 atom stereocenters. The van der Waals surface area contributed by atoms with Crippen LogP contribution in [-0.2, 0) is 0 Å². The third-order valence-corrected chi connectivity index (χ3v) is 3.24. The van der Waals surface area contributed by atoms with Crippen LogP contribution in [0.4, 0.5) is 8.78 Å². The lowest BCUT2D eigenvalue weighted by Crippen LogP contribution is -2.21. The fraction of sp³-hybridized carbons (Fsp3) is 0.500. The molecule has 0 unspecified atom stereocenters. The molecule has 0 saturated heterocycles. The second-order valence-corrected chi connectivity index (χ2v) is 4.21. The van der Waals surface area contributed by atoms with E-state index in [0.29, 0.717) is 0 Å². The van der Waals surface area contributed by atoms with E-state index in [1.54, 1.807) is 0 Å². The molecule has 0 amide bonds. The summed E-state index contributed by atoms with van der Waals surface area (Å²) in [5.41, 5.74) is 5.98. The third kappa shape index (κ3) is 2.02. The van der Waals surface area contributed by atoms with Crippen molar-refractivity contribution in [1.29, 1.82) is 0 Å². The summed E-state index contributed by atoms with van der Waals surface area (Å²) in [5.74, 6) is -0.805. The van der Waals surface area contributed by atoms with Crippen LogP contribution in [0.25, 0.3) is 0 Å². The number of nitrogens with two attached hydrogens (primary N) is 1. The highest BCUT2D eigenvalue weighted by atomic mass is 19.1. The number of hydrogen-bond donors (Lipinski definition) is 1. The highest BCUT2D eigenvalue weighted by molar-refractivity contribution is 5.23. The van der Waals surface area contributed by atoms with Gasteiger partial charge in [0.1, 0.15) is 11.6 Å². The predicted octanol–water partition coefficient (Wildman–Crippen LogP) is 3.15. The zero-order valence-electron chi connectivity index (χ0n) is 8.55. The first-order valence-electron chi connectivity index (χ1n) is 5.39. The van der Waals surface area contributed by atoms with Gasteiger partial charge < -0.3 is 5.73 Å². The Balaban J connectivity index is 2.27. The lowest BCUT2D eigenvalue weighted by Gasteiger charge is -2.20. The molecule has 0 bridgehead atoms. The highest BCUT2D eigenvalue weighted by Crippen LogP contribution is 2.35. The van der Waals surface area contributed by atoms with Gasteiger partial charge in [0.05, 0.1) is 0 Å². The van der Waals surface area contributed by atoms with Crippen molar-refractivity contribution >= 4 is 0 Å². The van der Waals surface area contributed by atoms with E-state index in [0.717, 1.165) is 25.7 Å². The Hall–Kier alpha value is -0.960. The monoisotopic (exact) mass is 211 g/mol. The van der Waals surface area contributed by atoms with Crippen LogP contribution in [0.2, 0.25) is 0 Å². The maximum atomic E-state index is 13.4. The number of benzene rings is 1. The molecule has 1 nitrogen and oxygen atoms in total. The molecule has 0 aromatic heterocycles. The van der Waals surface area contributed by atoms with Gasteiger partial charge in [0.2, 0.25) is 0 Å². The fourth-order valence-corrected chi connectivity index (χ4v) is 2.38. The first kappa shape index (κ1) is 10.6. The molecule has 0 spiro atoms. The summed E-state index contributed by atoms with van der Waals surface area (Å²) in [6.45, 7) is 0. The zero-order chi connectivity index (χ0) is 10.8. The molecule has 0 aliphatic heterocycles. The van der Waals surface area contributed by atoms with Crippen molar-refractivity contribution in [2.75, 3.05) is 0 Å². The molecule has 2 N–H and O–H groups in total. The van der Waals surface area contributed by atoms with Crippen molar-refractivity contribution in [2.24, 2.45) is 11.7 Å². The summed E-state index contributed by atoms with van der Waals surface area (Å²) in [7, 11) is 0. The molecule has 0 heterocycles. The van der Waals surface area contributed by atoms with Crippen LogP contribution < -0.4 is 5.73 Å². The second-order valence-electron chi connectivity index (χ2n) is 4.21. The Kier molecular flexibility index (Phi) is 3.00. The predicted molar refractivity (Wildman–Crippen MR) is 55.2 cm³/mol. The molecule has 1 aliphatic carbocycles. The molecule has 1 aliphatic rings. The van der Waals surface area contributed by atoms with Gasteiger partial charge in [0.15, 0.2) is 0 Å². The topological polar surface area (TPSA) is 26.0 Å². The summed E-state index contributed by atoms with van der Waals surface area (Å²) >= 11 is 0. The first-order valence-corrected chi connectivity index (χ1v) is 5.39. The van der Waals surface area contributed by atoms with Crippen LogP contribution in [-0.4, -0.2) is 0 Å². The maximum absolute atomic E-state index is 13.4. The van der Waals surface area contributed by atoms with Gasteiger partial charge >= 0.3 is 0 Å². The Morgan fingerprint density at radius 1 is 1.13 bits per heavy atom. The molecule has 0 radical (unpaired) electrons.